The molecule has 0 bridgehead atoms. The summed E-state index contributed by atoms with van der Waals surface area (Å²) in [5.41, 5.74) is 10.3. The number of rotatable bonds is 4. The monoisotopic (exact) mass is 540 g/mol. The van der Waals surface area contributed by atoms with Crippen LogP contribution in [0.1, 0.15) is 59.8 Å². The molecule has 2 aromatic heterocycles. The fraction of sp³-hybridized carbons (Fsp3) is 0.237. The van der Waals surface area contributed by atoms with Crippen LogP contribution in [0.15, 0.2) is 102 Å². The van der Waals surface area contributed by atoms with E-state index in [0.717, 1.165) is 38.7 Å². The number of hydrogen-bond donors (Lipinski definition) is 0. The minimum Gasteiger partial charge on any atom is -0.454 e. The highest BCUT2D eigenvalue weighted by atomic mass is 19.1. The van der Waals surface area contributed by atoms with Crippen LogP contribution >= 0.6 is 0 Å². The number of nitrogens with zero attached hydrogens (tertiary/aromatic N) is 1. The molecule has 1 aliphatic carbocycles. The lowest BCUT2D eigenvalue weighted by Crippen LogP contribution is -2.30. The zero-order valence-electron chi connectivity index (χ0n) is 24.0. The van der Waals surface area contributed by atoms with Crippen molar-refractivity contribution < 1.29 is 13.4 Å². The van der Waals surface area contributed by atoms with Crippen molar-refractivity contribution >= 4 is 21.9 Å². The highest BCUT2D eigenvalue weighted by Crippen LogP contribution is 2.44. The van der Waals surface area contributed by atoms with Crippen LogP contribution in [-0.4, -0.2) is 0 Å². The highest BCUT2D eigenvalue weighted by Gasteiger charge is 2.26. The summed E-state index contributed by atoms with van der Waals surface area (Å²) in [6.45, 7) is 4.33. The Bertz CT molecular complexity index is 1890. The molecule has 4 aromatic carbocycles. The fourth-order valence-corrected chi connectivity index (χ4v) is 7.05. The van der Waals surface area contributed by atoms with Gasteiger partial charge in [-0.1, -0.05) is 60.7 Å². The van der Waals surface area contributed by atoms with Crippen molar-refractivity contribution in [2.75, 3.05) is 0 Å². The molecule has 41 heavy (non-hydrogen) atoms. The molecule has 0 atom stereocenters. The predicted molar refractivity (Wildman–Crippen MR) is 166 cm³/mol. The largest absolute Gasteiger partial charge is 0.454 e. The minimum atomic E-state index is -0.258. The summed E-state index contributed by atoms with van der Waals surface area (Å²) in [5.74, 6) is 0.943. The Balaban J connectivity index is 1.23. The van der Waals surface area contributed by atoms with E-state index in [1.807, 2.05) is 31.4 Å². The van der Waals surface area contributed by atoms with Crippen LogP contribution in [0.25, 0.3) is 44.3 Å². The van der Waals surface area contributed by atoms with E-state index in [4.69, 9.17) is 4.42 Å². The first-order chi connectivity index (χ1) is 20.0. The Morgan fingerprint density at radius 1 is 0.659 bits per heavy atom. The smallest absolute Gasteiger partial charge is 0.216 e. The van der Waals surface area contributed by atoms with Crippen LogP contribution in [0.4, 0.5) is 4.39 Å². The number of furan rings is 1. The molecule has 1 aliphatic rings. The minimum absolute atomic E-state index is 0.258. The standard InChI is InChI=1S/C38H35FNO/c1-24-8-4-5-9-30(24)28-16-12-26(13-17-28)27-14-18-29(19-15-27)36-33(39)22-21-32-31-20-11-25(2)35(37(31)41-38(32)36)34-10-6-7-23-40(34)3/h4-11,14-15,18-23,26,28H,12-13,16-17H2,1-3H3/q+1. The first-order valence-electron chi connectivity index (χ1n) is 14.7. The SMILES string of the molecule is Cc1ccccc1C1CCC(c2ccc(-c3c(F)ccc4c3oc3c(-c5cccc[n+]5C)c(C)ccc34)cc2)CC1. The van der Waals surface area contributed by atoms with Crippen molar-refractivity contribution in [2.45, 2.75) is 51.4 Å². The van der Waals surface area contributed by atoms with Gasteiger partial charge in [-0.2, -0.15) is 0 Å². The lowest BCUT2D eigenvalue weighted by Gasteiger charge is -2.30. The van der Waals surface area contributed by atoms with Crippen molar-refractivity contribution in [3.63, 3.8) is 0 Å². The maximum Gasteiger partial charge on any atom is 0.216 e. The third-order valence-electron chi connectivity index (χ3n) is 9.30. The van der Waals surface area contributed by atoms with Gasteiger partial charge in [0.15, 0.2) is 6.20 Å². The molecule has 0 radical (unpaired) electrons. The Labute approximate surface area is 241 Å². The number of halogens is 1. The third kappa shape index (κ3) is 4.44. The lowest BCUT2D eigenvalue weighted by molar-refractivity contribution is -0.660. The third-order valence-corrected chi connectivity index (χ3v) is 9.30. The van der Waals surface area contributed by atoms with Gasteiger partial charge in [0.1, 0.15) is 24.0 Å². The van der Waals surface area contributed by atoms with E-state index in [2.05, 4.69) is 85.1 Å². The molecule has 0 aliphatic heterocycles. The molecule has 0 spiro atoms. The number of hydrogen-bond acceptors (Lipinski definition) is 1. The maximum absolute atomic E-state index is 15.5. The lowest BCUT2D eigenvalue weighted by atomic mass is 9.75. The van der Waals surface area contributed by atoms with Gasteiger partial charge in [0.05, 0.1) is 11.1 Å². The number of benzene rings is 4. The Morgan fingerprint density at radius 2 is 1.32 bits per heavy atom. The molecule has 1 fully saturated rings. The molecule has 2 heterocycles. The molecule has 1 saturated carbocycles. The van der Waals surface area contributed by atoms with Gasteiger partial charge in [-0.05, 0) is 97.4 Å². The summed E-state index contributed by atoms with van der Waals surface area (Å²) in [4.78, 5) is 0. The van der Waals surface area contributed by atoms with Gasteiger partial charge in [0.25, 0.3) is 0 Å². The quantitative estimate of drug-likeness (QED) is 0.203. The second-order valence-corrected chi connectivity index (χ2v) is 11.8. The molecule has 0 N–H and O–H groups in total. The molecule has 3 heteroatoms. The molecule has 7 rings (SSSR count). The summed E-state index contributed by atoms with van der Waals surface area (Å²) in [6, 6.07) is 31.2. The second kappa shape index (κ2) is 10.3. The first-order valence-corrected chi connectivity index (χ1v) is 14.7. The van der Waals surface area contributed by atoms with Gasteiger partial charge in [-0.3, -0.25) is 0 Å². The first kappa shape index (κ1) is 25.7. The molecular formula is C38H35FNO+. The highest BCUT2D eigenvalue weighted by molar-refractivity contribution is 6.13. The van der Waals surface area contributed by atoms with Gasteiger partial charge >= 0.3 is 0 Å². The van der Waals surface area contributed by atoms with E-state index in [1.165, 1.54) is 42.4 Å². The normalized spacial score (nSPS) is 17.4. The summed E-state index contributed by atoms with van der Waals surface area (Å²) in [6.07, 6.45) is 6.84. The van der Waals surface area contributed by atoms with E-state index in [0.29, 0.717) is 23.0 Å². The average molecular weight is 541 g/mol. The van der Waals surface area contributed by atoms with Crippen LogP contribution < -0.4 is 4.57 Å². The Hall–Kier alpha value is -4.24. The van der Waals surface area contributed by atoms with Gasteiger partial charge < -0.3 is 4.42 Å². The van der Waals surface area contributed by atoms with Crippen LogP contribution in [0.2, 0.25) is 0 Å². The Morgan fingerprint density at radius 3 is 2.05 bits per heavy atom. The van der Waals surface area contributed by atoms with Crippen LogP contribution in [0.3, 0.4) is 0 Å². The summed E-state index contributed by atoms with van der Waals surface area (Å²) >= 11 is 0. The number of pyridine rings is 1. The van der Waals surface area contributed by atoms with Crippen molar-refractivity contribution in [2.24, 2.45) is 7.05 Å². The van der Waals surface area contributed by atoms with Gasteiger partial charge in [-0.25, -0.2) is 8.96 Å². The fourth-order valence-electron chi connectivity index (χ4n) is 7.05. The molecular weight excluding hydrogens is 505 g/mol. The number of fused-ring (bicyclic) bond motifs is 3. The van der Waals surface area contributed by atoms with Crippen LogP contribution in [-0.2, 0) is 7.05 Å². The van der Waals surface area contributed by atoms with E-state index >= 15 is 4.39 Å². The molecule has 0 saturated heterocycles. The van der Waals surface area contributed by atoms with Gasteiger partial charge in [0.2, 0.25) is 5.69 Å². The maximum atomic E-state index is 15.5. The van der Waals surface area contributed by atoms with E-state index in [9.17, 15) is 0 Å². The molecule has 2 nitrogen and oxygen atoms in total. The summed E-state index contributed by atoms with van der Waals surface area (Å²) in [5, 5.41) is 1.95. The van der Waals surface area contributed by atoms with Crippen LogP contribution in [0.5, 0.6) is 0 Å². The van der Waals surface area contributed by atoms with Crippen molar-refractivity contribution in [3.8, 4) is 22.4 Å². The average Bonchev–Trinajstić information content (AvgIpc) is 3.36. The Kier molecular flexibility index (Phi) is 6.46. The predicted octanol–water partition coefficient (Wildman–Crippen LogP) is 9.94. The van der Waals surface area contributed by atoms with E-state index < -0.39 is 0 Å². The van der Waals surface area contributed by atoms with Crippen molar-refractivity contribution in [1.29, 1.82) is 0 Å². The molecule has 0 unspecified atom stereocenters. The van der Waals surface area contributed by atoms with Crippen molar-refractivity contribution in [3.05, 3.63) is 125 Å². The van der Waals surface area contributed by atoms with E-state index in [1.54, 1.807) is 6.07 Å². The molecule has 204 valence electrons. The van der Waals surface area contributed by atoms with Crippen LogP contribution in [0, 0.1) is 19.7 Å². The molecule has 6 aromatic rings. The number of aryl methyl sites for hydroxylation is 3. The van der Waals surface area contributed by atoms with Gasteiger partial charge in [-0.15, -0.1) is 0 Å². The zero-order chi connectivity index (χ0) is 28.1. The topological polar surface area (TPSA) is 17.0 Å². The summed E-state index contributed by atoms with van der Waals surface area (Å²) in [7, 11) is 2.04. The second-order valence-electron chi connectivity index (χ2n) is 11.8. The van der Waals surface area contributed by atoms with Gasteiger partial charge in [0, 0.05) is 22.9 Å². The molecule has 0 amide bonds. The van der Waals surface area contributed by atoms with E-state index in [-0.39, 0.29) is 5.82 Å². The zero-order valence-corrected chi connectivity index (χ0v) is 24.0. The number of aromatic nitrogens is 1. The summed E-state index contributed by atoms with van der Waals surface area (Å²) < 4.78 is 24.2. The van der Waals surface area contributed by atoms with Crippen molar-refractivity contribution in [1.82, 2.24) is 0 Å².